The fraction of sp³-hybridized carbons (Fsp3) is 0.200. The summed E-state index contributed by atoms with van der Waals surface area (Å²) in [6.07, 6.45) is 9.85. The van der Waals surface area contributed by atoms with Crippen molar-refractivity contribution < 1.29 is 0 Å². The molecule has 1 aliphatic carbocycles. The molecule has 62 valence electrons. The average Bonchev–Trinajstić information content (AvgIpc) is 2.08. The van der Waals surface area contributed by atoms with Crippen LogP contribution in [0.4, 0.5) is 0 Å². The Bertz CT molecular complexity index is 293. The SMILES string of the molecule is CC/C=C1C=CC\1=C\C(=N)C=N. The molecule has 0 spiro atoms. The van der Waals surface area contributed by atoms with E-state index in [0.29, 0.717) is 0 Å². The lowest BCUT2D eigenvalue weighted by Crippen LogP contribution is -1.99. The third-order valence-corrected chi connectivity index (χ3v) is 1.67. The van der Waals surface area contributed by atoms with Crippen LogP contribution in [0.2, 0.25) is 0 Å². The van der Waals surface area contributed by atoms with E-state index in [4.69, 9.17) is 10.8 Å². The highest BCUT2D eigenvalue weighted by molar-refractivity contribution is 6.33. The minimum absolute atomic E-state index is 0.247. The number of hydrogen-bond acceptors (Lipinski definition) is 2. The second-order valence-corrected chi connectivity index (χ2v) is 2.60. The summed E-state index contributed by atoms with van der Waals surface area (Å²) in [6.45, 7) is 2.08. The van der Waals surface area contributed by atoms with Crippen LogP contribution < -0.4 is 0 Å². The Balaban J connectivity index is 2.74. The predicted octanol–water partition coefficient (Wildman–Crippen LogP) is 2.49. The Labute approximate surface area is 72.3 Å². The number of nitrogens with one attached hydrogen (secondary N) is 2. The zero-order valence-electron chi connectivity index (χ0n) is 7.09. The molecule has 0 amide bonds. The summed E-state index contributed by atoms with van der Waals surface area (Å²) in [5, 5.41) is 14.1. The first kappa shape index (κ1) is 8.65. The number of hydrogen-bond donors (Lipinski definition) is 2. The molecule has 0 bridgehead atoms. The summed E-state index contributed by atoms with van der Waals surface area (Å²) in [5.74, 6) is 0. The molecule has 0 fully saturated rings. The van der Waals surface area contributed by atoms with Gasteiger partial charge in [-0.2, -0.15) is 0 Å². The zero-order chi connectivity index (χ0) is 8.97. The van der Waals surface area contributed by atoms with Crippen molar-refractivity contribution in [3.05, 3.63) is 35.5 Å². The van der Waals surface area contributed by atoms with E-state index in [1.165, 1.54) is 5.57 Å². The van der Waals surface area contributed by atoms with Crippen LogP contribution in [-0.4, -0.2) is 11.9 Å². The van der Waals surface area contributed by atoms with E-state index in [1.54, 1.807) is 6.08 Å². The lowest BCUT2D eigenvalue weighted by Gasteiger charge is -2.12. The molecule has 0 aromatic heterocycles. The quantitative estimate of drug-likeness (QED) is 0.596. The van der Waals surface area contributed by atoms with E-state index in [2.05, 4.69) is 13.0 Å². The summed E-state index contributed by atoms with van der Waals surface area (Å²) in [7, 11) is 0. The summed E-state index contributed by atoms with van der Waals surface area (Å²) in [6, 6.07) is 0. The largest absolute Gasteiger partial charge is 0.307 e. The molecule has 2 heteroatoms. The van der Waals surface area contributed by atoms with Crippen LogP contribution in [0.3, 0.4) is 0 Å². The Morgan fingerprint density at radius 3 is 2.50 bits per heavy atom. The monoisotopic (exact) mass is 160 g/mol. The fourth-order valence-corrected chi connectivity index (χ4v) is 1.02. The topological polar surface area (TPSA) is 47.7 Å². The minimum Gasteiger partial charge on any atom is -0.307 e. The van der Waals surface area contributed by atoms with Crippen LogP contribution in [0.1, 0.15) is 13.3 Å². The normalized spacial score (nSPS) is 21.1. The van der Waals surface area contributed by atoms with Gasteiger partial charge in [-0.15, -0.1) is 0 Å². The molecule has 0 atom stereocenters. The van der Waals surface area contributed by atoms with Gasteiger partial charge in [0, 0.05) is 6.21 Å². The highest BCUT2D eigenvalue weighted by Crippen LogP contribution is 2.23. The summed E-state index contributed by atoms with van der Waals surface area (Å²) in [5.41, 5.74) is 2.49. The zero-order valence-corrected chi connectivity index (χ0v) is 7.09. The van der Waals surface area contributed by atoms with Crippen molar-refractivity contribution in [2.24, 2.45) is 0 Å². The third kappa shape index (κ3) is 1.78. The first-order valence-corrected chi connectivity index (χ1v) is 3.97. The van der Waals surface area contributed by atoms with Crippen LogP contribution in [0, 0.1) is 10.8 Å². The van der Waals surface area contributed by atoms with Gasteiger partial charge >= 0.3 is 0 Å². The molecular formula is C10H12N2. The van der Waals surface area contributed by atoms with Crippen molar-refractivity contribution in [2.45, 2.75) is 13.3 Å². The smallest absolute Gasteiger partial charge is 0.0721 e. The predicted molar refractivity (Wildman–Crippen MR) is 52.1 cm³/mol. The van der Waals surface area contributed by atoms with Crippen molar-refractivity contribution >= 4 is 11.9 Å². The first-order chi connectivity index (χ1) is 5.77. The van der Waals surface area contributed by atoms with Gasteiger partial charge in [0.05, 0.1) is 5.71 Å². The van der Waals surface area contributed by atoms with Gasteiger partial charge in [-0.3, -0.25) is 5.41 Å². The van der Waals surface area contributed by atoms with E-state index in [0.717, 1.165) is 18.2 Å². The van der Waals surface area contributed by atoms with Gasteiger partial charge < -0.3 is 5.41 Å². The Kier molecular flexibility index (Phi) is 2.75. The summed E-state index contributed by atoms with van der Waals surface area (Å²) >= 11 is 0. The molecule has 1 rings (SSSR count). The molecule has 0 aromatic rings. The summed E-state index contributed by atoms with van der Waals surface area (Å²) in [4.78, 5) is 0. The maximum absolute atomic E-state index is 7.25. The molecule has 0 radical (unpaired) electrons. The summed E-state index contributed by atoms with van der Waals surface area (Å²) < 4.78 is 0. The van der Waals surface area contributed by atoms with Crippen molar-refractivity contribution in [3.8, 4) is 0 Å². The molecular weight excluding hydrogens is 148 g/mol. The van der Waals surface area contributed by atoms with Crippen LogP contribution in [0.15, 0.2) is 35.5 Å². The molecule has 2 nitrogen and oxygen atoms in total. The van der Waals surface area contributed by atoms with Crippen molar-refractivity contribution in [2.75, 3.05) is 0 Å². The molecule has 0 unspecified atom stereocenters. The Morgan fingerprint density at radius 2 is 2.08 bits per heavy atom. The Hall–Kier alpha value is -1.44. The number of rotatable bonds is 3. The van der Waals surface area contributed by atoms with Gasteiger partial charge in [0.25, 0.3) is 0 Å². The molecule has 0 aromatic carbocycles. The molecule has 12 heavy (non-hydrogen) atoms. The van der Waals surface area contributed by atoms with E-state index in [9.17, 15) is 0 Å². The second-order valence-electron chi connectivity index (χ2n) is 2.60. The highest BCUT2D eigenvalue weighted by Gasteiger charge is 2.06. The Morgan fingerprint density at radius 1 is 1.42 bits per heavy atom. The maximum atomic E-state index is 7.25. The van der Waals surface area contributed by atoms with Crippen molar-refractivity contribution in [1.82, 2.24) is 0 Å². The highest BCUT2D eigenvalue weighted by atomic mass is 14.4. The van der Waals surface area contributed by atoms with E-state index >= 15 is 0 Å². The van der Waals surface area contributed by atoms with Gasteiger partial charge in [0.2, 0.25) is 0 Å². The van der Waals surface area contributed by atoms with Crippen LogP contribution >= 0.6 is 0 Å². The lowest BCUT2D eigenvalue weighted by molar-refractivity contribution is 1.19. The lowest BCUT2D eigenvalue weighted by atomic mass is 9.93. The number of allylic oxidation sites excluding steroid dienone is 6. The minimum atomic E-state index is 0.247. The van der Waals surface area contributed by atoms with E-state index in [-0.39, 0.29) is 5.71 Å². The molecule has 0 saturated carbocycles. The molecule has 2 N–H and O–H groups in total. The molecule has 0 heterocycles. The van der Waals surface area contributed by atoms with Crippen LogP contribution in [0.5, 0.6) is 0 Å². The molecule has 1 aliphatic rings. The standard InChI is InChI=1S/C10H12N2/c1-2-3-8-4-5-9(8)6-10(12)7-11/h3-7,11-12H,2H2,1H3/b8-3+,9-6-,11-7?,12-10?. The molecule has 0 aliphatic heterocycles. The van der Waals surface area contributed by atoms with Gasteiger partial charge in [-0.1, -0.05) is 25.2 Å². The van der Waals surface area contributed by atoms with Crippen molar-refractivity contribution in [3.63, 3.8) is 0 Å². The van der Waals surface area contributed by atoms with Gasteiger partial charge in [-0.25, -0.2) is 0 Å². The van der Waals surface area contributed by atoms with E-state index in [1.807, 2.05) is 12.2 Å². The third-order valence-electron chi connectivity index (χ3n) is 1.67. The first-order valence-electron chi connectivity index (χ1n) is 3.97. The maximum Gasteiger partial charge on any atom is 0.0721 e. The average molecular weight is 160 g/mol. The van der Waals surface area contributed by atoms with Gasteiger partial charge in [-0.05, 0) is 23.6 Å². The van der Waals surface area contributed by atoms with E-state index < -0.39 is 0 Å². The van der Waals surface area contributed by atoms with Gasteiger partial charge in [0.1, 0.15) is 0 Å². The van der Waals surface area contributed by atoms with Gasteiger partial charge in [0.15, 0.2) is 0 Å². The molecule has 0 saturated heterocycles. The fourth-order valence-electron chi connectivity index (χ4n) is 1.02. The van der Waals surface area contributed by atoms with Crippen molar-refractivity contribution in [1.29, 1.82) is 10.8 Å². The van der Waals surface area contributed by atoms with Crippen LogP contribution in [0.25, 0.3) is 0 Å². The van der Waals surface area contributed by atoms with Crippen LogP contribution in [-0.2, 0) is 0 Å². The second kappa shape index (κ2) is 3.81.